The van der Waals surface area contributed by atoms with Crippen molar-refractivity contribution in [3.8, 4) is 23.2 Å². The van der Waals surface area contributed by atoms with Crippen LogP contribution in [0.2, 0.25) is 5.02 Å². The minimum atomic E-state index is -0.193. The van der Waals surface area contributed by atoms with Crippen molar-refractivity contribution < 1.29 is 9.53 Å². The first kappa shape index (κ1) is 20.7. The van der Waals surface area contributed by atoms with E-state index in [1.807, 2.05) is 0 Å². The molecule has 2 heterocycles. The zero-order valence-electron chi connectivity index (χ0n) is 16.1. The summed E-state index contributed by atoms with van der Waals surface area (Å²) in [5.74, 6) is 1.07. The topological polar surface area (TPSA) is 104 Å². The number of hydrogen-bond donors (Lipinski definition) is 2. The van der Waals surface area contributed by atoms with Crippen LogP contribution in [0.5, 0.6) is 5.75 Å². The van der Waals surface area contributed by atoms with Gasteiger partial charge in [0.2, 0.25) is 11.1 Å². The number of thioether (sulfide) groups is 1. The highest BCUT2D eigenvalue weighted by Crippen LogP contribution is 2.37. The van der Waals surface area contributed by atoms with Crippen LogP contribution in [0.1, 0.15) is 28.8 Å². The van der Waals surface area contributed by atoms with Crippen molar-refractivity contribution >= 4 is 45.6 Å². The summed E-state index contributed by atoms with van der Waals surface area (Å²) in [6.07, 6.45) is 4.11. The van der Waals surface area contributed by atoms with Crippen LogP contribution < -0.4 is 10.1 Å². The molecule has 1 aliphatic rings. The van der Waals surface area contributed by atoms with Gasteiger partial charge in [0.05, 0.1) is 24.0 Å². The summed E-state index contributed by atoms with van der Waals surface area (Å²) in [5, 5.41) is 21.1. The number of nitrogens with zero attached hydrogens (tertiary/aromatic N) is 3. The summed E-state index contributed by atoms with van der Waals surface area (Å²) in [4.78, 5) is 18.1. The SMILES string of the molecule is COc1ccc(Cl)cc1-c1nc(SCC(=O)Nc2sc3c(c2C#N)CCCC3)n[nH]1. The first-order chi connectivity index (χ1) is 14.6. The molecule has 154 valence electrons. The molecule has 0 radical (unpaired) electrons. The fraction of sp³-hybridized carbons (Fsp3) is 0.300. The summed E-state index contributed by atoms with van der Waals surface area (Å²) in [5.41, 5.74) is 2.41. The van der Waals surface area contributed by atoms with Gasteiger partial charge in [0.1, 0.15) is 16.8 Å². The molecule has 0 saturated carbocycles. The monoisotopic (exact) mass is 459 g/mol. The molecule has 0 spiro atoms. The Hall–Kier alpha value is -2.54. The number of fused-ring (bicyclic) bond motifs is 1. The number of aromatic amines is 1. The number of rotatable bonds is 6. The Morgan fingerprint density at radius 2 is 2.27 bits per heavy atom. The number of nitriles is 1. The Morgan fingerprint density at radius 3 is 3.07 bits per heavy atom. The van der Waals surface area contributed by atoms with Crippen molar-refractivity contribution in [1.82, 2.24) is 15.2 Å². The van der Waals surface area contributed by atoms with Gasteiger partial charge in [0.15, 0.2) is 5.82 Å². The second kappa shape index (κ2) is 9.08. The summed E-state index contributed by atoms with van der Waals surface area (Å²) in [6.45, 7) is 0. The number of aryl methyl sites for hydroxylation is 1. The molecule has 7 nitrogen and oxygen atoms in total. The Kier molecular flexibility index (Phi) is 6.27. The number of aromatic nitrogens is 3. The van der Waals surface area contributed by atoms with Crippen LogP contribution in [0.15, 0.2) is 23.4 Å². The van der Waals surface area contributed by atoms with Crippen molar-refractivity contribution in [2.24, 2.45) is 0 Å². The molecule has 1 aliphatic carbocycles. The number of carbonyl (C=O) groups is 1. The smallest absolute Gasteiger partial charge is 0.235 e. The van der Waals surface area contributed by atoms with Gasteiger partial charge in [-0.1, -0.05) is 23.4 Å². The minimum Gasteiger partial charge on any atom is -0.496 e. The van der Waals surface area contributed by atoms with E-state index in [1.54, 1.807) is 25.3 Å². The van der Waals surface area contributed by atoms with E-state index >= 15 is 0 Å². The first-order valence-corrected chi connectivity index (χ1v) is 11.5. The van der Waals surface area contributed by atoms with Crippen LogP contribution in [0.4, 0.5) is 5.00 Å². The van der Waals surface area contributed by atoms with E-state index < -0.39 is 0 Å². The molecule has 2 aromatic heterocycles. The predicted molar refractivity (Wildman–Crippen MR) is 118 cm³/mol. The quantitative estimate of drug-likeness (QED) is 0.519. The molecule has 3 aromatic rings. The van der Waals surface area contributed by atoms with Crippen molar-refractivity contribution in [2.45, 2.75) is 30.8 Å². The standard InChI is InChI=1S/C20H18ClN5O2S2/c1-28-15-7-6-11(21)8-13(15)18-24-20(26-25-18)29-10-17(27)23-19-14(9-22)12-4-2-3-5-16(12)30-19/h6-8H,2-5,10H2,1H3,(H,23,27)(H,24,25,26). The van der Waals surface area contributed by atoms with Crippen LogP contribution in [0.3, 0.4) is 0 Å². The highest BCUT2D eigenvalue weighted by atomic mass is 35.5. The van der Waals surface area contributed by atoms with Crippen molar-refractivity contribution in [2.75, 3.05) is 18.2 Å². The van der Waals surface area contributed by atoms with Gasteiger partial charge in [-0.15, -0.1) is 16.4 Å². The average molecular weight is 460 g/mol. The average Bonchev–Trinajstić information content (AvgIpc) is 3.36. The number of nitrogens with one attached hydrogen (secondary N) is 2. The van der Waals surface area contributed by atoms with E-state index in [-0.39, 0.29) is 11.7 Å². The number of methoxy groups -OCH3 is 1. The maximum absolute atomic E-state index is 12.5. The molecule has 30 heavy (non-hydrogen) atoms. The van der Waals surface area contributed by atoms with E-state index in [9.17, 15) is 10.1 Å². The second-order valence-corrected chi connectivity index (χ2v) is 9.16. The van der Waals surface area contributed by atoms with Gasteiger partial charge in [-0.3, -0.25) is 9.89 Å². The van der Waals surface area contributed by atoms with Gasteiger partial charge in [-0.25, -0.2) is 4.98 Å². The lowest BCUT2D eigenvalue weighted by molar-refractivity contribution is -0.113. The van der Waals surface area contributed by atoms with Crippen molar-refractivity contribution in [3.63, 3.8) is 0 Å². The summed E-state index contributed by atoms with van der Waals surface area (Å²) >= 11 is 8.80. The van der Waals surface area contributed by atoms with Crippen LogP contribution in [0, 0.1) is 11.3 Å². The molecular formula is C20H18ClN5O2S2. The zero-order valence-corrected chi connectivity index (χ0v) is 18.5. The second-order valence-electron chi connectivity index (χ2n) is 6.67. The van der Waals surface area contributed by atoms with E-state index in [0.29, 0.717) is 37.9 Å². The Morgan fingerprint density at radius 1 is 1.43 bits per heavy atom. The Labute approximate surface area is 186 Å². The molecule has 1 aromatic carbocycles. The third-order valence-corrected chi connectivity index (χ3v) is 7.04. The van der Waals surface area contributed by atoms with Gasteiger partial charge >= 0.3 is 0 Å². The van der Waals surface area contributed by atoms with Gasteiger partial charge < -0.3 is 10.1 Å². The molecular weight excluding hydrogens is 442 g/mol. The number of thiophene rings is 1. The van der Waals surface area contributed by atoms with Gasteiger partial charge in [0.25, 0.3) is 0 Å². The lowest BCUT2D eigenvalue weighted by atomic mass is 9.96. The molecule has 2 N–H and O–H groups in total. The fourth-order valence-corrected chi connectivity index (χ4v) is 5.39. The third-order valence-electron chi connectivity index (χ3n) is 4.75. The Balaban J connectivity index is 1.42. The minimum absolute atomic E-state index is 0.136. The zero-order chi connectivity index (χ0) is 21.1. The number of anilines is 1. The highest BCUT2D eigenvalue weighted by molar-refractivity contribution is 7.99. The van der Waals surface area contributed by atoms with Gasteiger partial charge in [-0.2, -0.15) is 5.26 Å². The van der Waals surface area contributed by atoms with Crippen LogP contribution >= 0.6 is 34.7 Å². The number of amides is 1. The van der Waals surface area contributed by atoms with E-state index in [1.165, 1.54) is 28.0 Å². The van der Waals surface area contributed by atoms with E-state index in [0.717, 1.165) is 31.2 Å². The number of benzene rings is 1. The van der Waals surface area contributed by atoms with E-state index in [2.05, 4.69) is 26.6 Å². The molecule has 0 saturated heterocycles. The molecule has 1 amide bonds. The summed E-state index contributed by atoms with van der Waals surface area (Å²) in [7, 11) is 1.57. The maximum atomic E-state index is 12.5. The molecule has 0 unspecified atom stereocenters. The lowest BCUT2D eigenvalue weighted by Crippen LogP contribution is -2.14. The molecule has 10 heteroatoms. The predicted octanol–water partition coefficient (Wildman–Crippen LogP) is 4.68. The first-order valence-electron chi connectivity index (χ1n) is 9.32. The molecule has 0 fully saturated rings. The number of carbonyl (C=O) groups excluding carboxylic acids is 1. The van der Waals surface area contributed by atoms with Crippen LogP contribution in [-0.4, -0.2) is 34.0 Å². The lowest BCUT2D eigenvalue weighted by Gasteiger charge is -2.09. The van der Waals surface area contributed by atoms with Crippen molar-refractivity contribution in [1.29, 1.82) is 5.26 Å². The van der Waals surface area contributed by atoms with Gasteiger partial charge in [-0.05, 0) is 49.4 Å². The normalized spacial score (nSPS) is 12.8. The van der Waals surface area contributed by atoms with Gasteiger partial charge in [0, 0.05) is 9.90 Å². The maximum Gasteiger partial charge on any atom is 0.235 e. The van der Waals surface area contributed by atoms with Crippen LogP contribution in [0.25, 0.3) is 11.4 Å². The number of H-pyrrole nitrogens is 1. The highest BCUT2D eigenvalue weighted by Gasteiger charge is 2.22. The number of ether oxygens (including phenoxy) is 1. The largest absolute Gasteiger partial charge is 0.496 e. The summed E-state index contributed by atoms with van der Waals surface area (Å²) < 4.78 is 5.34. The van der Waals surface area contributed by atoms with Crippen molar-refractivity contribution in [3.05, 3.63) is 39.2 Å². The van der Waals surface area contributed by atoms with Crippen LogP contribution in [-0.2, 0) is 17.6 Å². The molecule has 0 aliphatic heterocycles. The summed E-state index contributed by atoms with van der Waals surface area (Å²) in [6, 6.07) is 7.49. The third kappa shape index (κ3) is 4.31. The molecule has 4 rings (SSSR count). The molecule has 0 bridgehead atoms. The number of halogens is 1. The Bertz CT molecular complexity index is 1130. The van der Waals surface area contributed by atoms with E-state index in [4.69, 9.17) is 16.3 Å². The molecule has 0 atom stereocenters. The number of hydrogen-bond acceptors (Lipinski definition) is 7. The fourth-order valence-electron chi connectivity index (χ4n) is 3.36.